The summed E-state index contributed by atoms with van der Waals surface area (Å²) in [6.07, 6.45) is 6.92. The van der Waals surface area contributed by atoms with Crippen molar-refractivity contribution in [1.82, 2.24) is 0 Å². The number of rotatable bonds is 7. The number of hydrogen-bond donors (Lipinski definition) is 0. The fourth-order valence-electron chi connectivity index (χ4n) is 2.81. The Morgan fingerprint density at radius 2 is 2.00 bits per heavy atom. The zero-order valence-corrected chi connectivity index (χ0v) is 13.0. The minimum Gasteiger partial charge on any atom is -0.270 e. The van der Waals surface area contributed by atoms with Crippen molar-refractivity contribution in [2.45, 2.75) is 51.4 Å². The minimum atomic E-state index is -3.30. The van der Waals surface area contributed by atoms with Crippen molar-refractivity contribution in [3.05, 3.63) is 35.4 Å². The molecule has 0 radical (unpaired) electrons. The molecule has 0 spiro atoms. The Balaban J connectivity index is 1.82. The van der Waals surface area contributed by atoms with Gasteiger partial charge in [0.25, 0.3) is 10.1 Å². The molecule has 0 heterocycles. The van der Waals surface area contributed by atoms with Crippen LogP contribution in [0.25, 0.3) is 0 Å². The van der Waals surface area contributed by atoms with E-state index >= 15 is 0 Å². The zero-order valence-electron chi connectivity index (χ0n) is 12.2. The monoisotopic (exact) mass is 296 g/mol. The molecule has 1 aromatic carbocycles. The first-order chi connectivity index (χ1) is 9.61. The Labute approximate surface area is 122 Å². The summed E-state index contributed by atoms with van der Waals surface area (Å²) in [5, 5.41) is 0. The van der Waals surface area contributed by atoms with Crippen LogP contribution in [0.1, 0.15) is 56.1 Å². The average Bonchev–Trinajstić information content (AvgIpc) is 2.98. The highest BCUT2D eigenvalue weighted by Crippen LogP contribution is 2.34. The van der Waals surface area contributed by atoms with Crippen molar-refractivity contribution in [1.29, 1.82) is 0 Å². The van der Waals surface area contributed by atoms with Crippen molar-refractivity contribution < 1.29 is 12.6 Å². The summed E-state index contributed by atoms with van der Waals surface area (Å²) in [7, 11) is -3.30. The third-order valence-corrected chi connectivity index (χ3v) is 5.24. The molecule has 1 aliphatic rings. The first kappa shape index (κ1) is 15.5. The molecule has 1 fully saturated rings. The van der Waals surface area contributed by atoms with E-state index < -0.39 is 10.1 Å². The molecule has 0 aliphatic heterocycles. The van der Waals surface area contributed by atoms with Gasteiger partial charge in [-0.05, 0) is 49.7 Å². The van der Waals surface area contributed by atoms with Crippen molar-refractivity contribution in [3.63, 3.8) is 0 Å². The minimum absolute atomic E-state index is 0.0458. The predicted octanol–water partition coefficient (Wildman–Crippen LogP) is 3.64. The van der Waals surface area contributed by atoms with Gasteiger partial charge in [0, 0.05) is 0 Å². The molecule has 2 rings (SSSR count). The molecule has 0 aromatic heterocycles. The first-order valence-corrected chi connectivity index (χ1v) is 9.14. The van der Waals surface area contributed by atoms with E-state index in [2.05, 4.69) is 24.3 Å². The normalized spacial score (nSPS) is 16.6. The van der Waals surface area contributed by atoms with Gasteiger partial charge in [0.05, 0.1) is 12.4 Å². The number of hydrogen-bond acceptors (Lipinski definition) is 3. The highest BCUT2D eigenvalue weighted by molar-refractivity contribution is 7.86. The van der Waals surface area contributed by atoms with E-state index in [1.54, 1.807) is 6.92 Å². The van der Waals surface area contributed by atoms with Crippen molar-refractivity contribution >= 4 is 10.1 Å². The lowest BCUT2D eigenvalue weighted by Gasteiger charge is -2.11. The summed E-state index contributed by atoms with van der Waals surface area (Å²) in [5.74, 6) is 0.774. The lowest BCUT2D eigenvalue weighted by atomic mass is 9.95. The van der Waals surface area contributed by atoms with Gasteiger partial charge in [0.2, 0.25) is 0 Å². The molecule has 0 atom stereocenters. The second-order valence-electron chi connectivity index (χ2n) is 5.50. The van der Waals surface area contributed by atoms with E-state index in [4.69, 9.17) is 4.18 Å². The summed E-state index contributed by atoms with van der Waals surface area (Å²) in [6.45, 7) is 1.88. The largest absolute Gasteiger partial charge is 0.270 e. The fraction of sp³-hybridized carbons (Fsp3) is 0.625. The molecule has 4 heteroatoms. The van der Waals surface area contributed by atoms with E-state index in [0.717, 1.165) is 18.8 Å². The van der Waals surface area contributed by atoms with Gasteiger partial charge in [-0.1, -0.05) is 37.1 Å². The average molecular weight is 296 g/mol. The lowest BCUT2D eigenvalue weighted by molar-refractivity contribution is 0.313. The molecular formula is C16H24O3S. The van der Waals surface area contributed by atoms with Crippen LogP contribution in [0.2, 0.25) is 0 Å². The smallest absolute Gasteiger partial charge is 0.267 e. The topological polar surface area (TPSA) is 43.4 Å². The Hall–Kier alpha value is -0.870. The highest BCUT2D eigenvalue weighted by atomic mass is 32.2. The molecule has 0 N–H and O–H groups in total. The standard InChI is InChI=1S/C16H24O3S/c1-2-20(17,18)19-12-6-8-14-7-5-11-16(13-14)15-9-3-4-10-15/h5,7,11,13,15H,2-4,6,8-10,12H2,1H3. The molecule has 0 bridgehead atoms. The number of benzene rings is 1. The molecule has 20 heavy (non-hydrogen) atoms. The first-order valence-electron chi connectivity index (χ1n) is 7.56. The van der Waals surface area contributed by atoms with Crippen LogP contribution in [0.15, 0.2) is 24.3 Å². The summed E-state index contributed by atoms with van der Waals surface area (Å²) >= 11 is 0. The van der Waals surface area contributed by atoms with Crippen LogP contribution >= 0.6 is 0 Å². The van der Waals surface area contributed by atoms with Gasteiger partial charge in [0.15, 0.2) is 0 Å². The van der Waals surface area contributed by atoms with Gasteiger partial charge in [0.1, 0.15) is 0 Å². The van der Waals surface area contributed by atoms with Gasteiger partial charge in [-0.3, -0.25) is 4.18 Å². The molecule has 0 unspecified atom stereocenters. The van der Waals surface area contributed by atoms with Gasteiger partial charge < -0.3 is 0 Å². The summed E-state index contributed by atoms with van der Waals surface area (Å²) in [6, 6.07) is 8.74. The second-order valence-corrected chi connectivity index (χ2v) is 7.43. The van der Waals surface area contributed by atoms with Crippen molar-refractivity contribution in [3.8, 4) is 0 Å². The van der Waals surface area contributed by atoms with Gasteiger partial charge in [-0.2, -0.15) is 8.42 Å². The lowest BCUT2D eigenvalue weighted by Crippen LogP contribution is -2.09. The summed E-state index contributed by atoms with van der Waals surface area (Å²) in [5.41, 5.74) is 2.73. The van der Waals surface area contributed by atoms with Gasteiger partial charge in [-0.15, -0.1) is 0 Å². The van der Waals surface area contributed by atoms with E-state index in [-0.39, 0.29) is 12.4 Å². The third kappa shape index (κ3) is 4.60. The van der Waals surface area contributed by atoms with Crippen molar-refractivity contribution in [2.24, 2.45) is 0 Å². The fourth-order valence-corrected chi connectivity index (χ4v) is 3.35. The zero-order chi connectivity index (χ0) is 14.4. The maximum atomic E-state index is 11.2. The van der Waals surface area contributed by atoms with Crippen LogP contribution in [-0.2, 0) is 20.7 Å². The van der Waals surface area contributed by atoms with Crippen LogP contribution in [0.4, 0.5) is 0 Å². The second kappa shape index (κ2) is 7.23. The molecular weight excluding hydrogens is 272 g/mol. The quantitative estimate of drug-likeness (QED) is 0.570. The van der Waals surface area contributed by atoms with Gasteiger partial charge in [-0.25, -0.2) is 0 Å². The third-order valence-electron chi connectivity index (χ3n) is 4.00. The van der Waals surface area contributed by atoms with Crippen LogP contribution in [-0.4, -0.2) is 20.8 Å². The molecule has 1 saturated carbocycles. The van der Waals surface area contributed by atoms with E-state index in [1.165, 1.54) is 36.8 Å². The van der Waals surface area contributed by atoms with E-state index in [1.807, 2.05) is 0 Å². The molecule has 1 aliphatic carbocycles. The summed E-state index contributed by atoms with van der Waals surface area (Å²) < 4.78 is 27.3. The molecule has 3 nitrogen and oxygen atoms in total. The predicted molar refractivity (Wildman–Crippen MR) is 81.4 cm³/mol. The van der Waals surface area contributed by atoms with Crippen LogP contribution in [0, 0.1) is 0 Å². The Bertz CT molecular complexity index is 516. The number of aryl methyl sites for hydroxylation is 1. The maximum absolute atomic E-state index is 11.2. The van der Waals surface area contributed by atoms with E-state index in [0.29, 0.717) is 0 Å². The summed E-state index contributed by atoms with van der Waals surface area (Å²) in [4.78, 5) is 0. The Morgan fingerprint density at radius 1 is 1.25 bits per heavy atom. The van der Waals surface area contributed by atoms with Crippen LogP contribution in [0.3, 0.4) is 0 Å². The van der Waals surface area contributed by atoms with E-state index in [9.17, 15) is 8.42 Å². The Morgan fingerprint density at radius 3 is 2.70 bits per heavy atom. The van der Waals surface area contributed by atoms with Crippen LogP contribution in [0.5, 0.6) is 0 Å². The highest BCUT2D eigenvalue weighted by Gasteiger charge is 2.16. The van der Waals surface area contributed by atoms with Gasteiger partial charge >= 0.3 is 0 Å². The molecule has 0 amide bonds. The SMILES string of the molecule is CCS(=O)(=O)OCCCc1cccc(C2CCCC2)c1. The molecule has 112 valence electrons. The maximum Gasteiger partial charge on any atom is 0.267 e. The molecule has 1 aromatic rings. The molecule has 0 saturated heterocycles. The van der Waals surface area contributed by atoms with Crippen LogP contribution < -0.4 is 0 Å². The Kier molecular flexibility index (Phi) is 5.61. The van der Waals surface area contributed by atoms with Crippen molar-refractivity contribution in [2.75, 3.05) is 12.4 Å².